The molecule has 0 radical (unpaired) electrons. The third-order valence-corrected chi connectivity index (χ3v) is 5.47. The Balaban J connectivity index is 2.13. The predicted molar refractivity (Wildman–Crippen MR) is 122 cm³/mol. The minimum Gasteiger partial charge on any atom is -0.461 e. The number of rotatable bonds is 11. The lowest BCUT2D eigenvalue weighted by atomic mass is 10.0. The van der Waals surface area contributed by atoms with E-state index < -0.39 is 5.97 Å². The van der Waals surface area contributed by atoms with Crippen molar-refractivity contribution in [2.24, 2.45) is 0 Å². The van der Waals surface area contributed by atoms with Crippen molar-refractivity contribution in [3.63, 3.8) is 0 Å². The Labute approximate surface area is 185 Å². The van der Waals surface area contributed by atoms with E-state index in [2.05, 4.69) is 11.9 Å². The number of carbonyl (C=O) groups excluding carboxylic acids is 3. The number of amides is 1. The molecule has 0 saturated carbocycles. The molecular formula is C25H34N2O4. The minimum atomic E-state index is -0.482. The van der Waals surface area contributed by atoms with Gasteiger partial charge in [0, 0.05) is 23.4 Å². The van der Waals surface area contributed by atoms with E-state index in [1.54, 1.807) is 20.8 Å². The maximum Gasteiger partial charge on any atom is 0.355 e. The number of aromatic amines is 1. The number of unbranched alkanes of at least 4 members (excludes halogenated alkanes) is 2. The van der Waals surface area contributed by atoms with E-state index in [9.17, 15) is 14.4 Å². The lowest BCUT2D eigenvalue weighted by molar-refractivity contribution is 0.0519. The molecule has 0 aliphatic heterocycles. The van der Waals surface area contributed by atoms with Crippen LogP contribution in [0.3, 0.4) is 0 Å². The zero-order valence-corrected chi connectivity index (χ0v) is 19.3. The highest BCUT2D eigenvalue weighted by Gasteiger charge is 2.25. The van der Waals surface area contributed by atoms with Crippen LogP contribution in [0.15, 0.2) is 24.3 Å². The van der Waals surface area contributed by atoms with Gasteiger partial charge in [-0.05, 0) is 63.8 Å². The number of hydrogen-bond donors (Lipinski definition) is 1. The van der Waals surface area contributed by atoms with Crippen LogP contribution in [0.1, 0.15) is 88.1 Å². The Bertz CT molecular complexity index is 912. The Morgan fingerprint density at radius 1 is 1.00 bits per heavy atom. The summed E-state index contributed by atoms with van der Waals surface area (Å²) in [5, 5.41) is 0. The number of nitrogens with zero attached hydrogens (tertiary/aromatic N) is 1. The molecule has 0 aliphatic rings. The highest BCUT2D eigenvalue weighted by atomic mass is 16.5. The molecule has 0 fully saturated rings. The van der Waals surface area contributed by atoms with Crippen LogP contribution in [0.4, 0.5) is 0 Å². The number of ether oxygens (including phenoxy) is 1. The second-order valence-electron chi connectivity index (χ2n) is 7.74. The van der Waals surface area contributed by atoms with E-state index >= 15 is 0 Å². The smallest absolute Gasteiger partial charge is 0.355 e. The standard InChI is InChI=1S/C25H34N2O4/c1-6-9-10-11-19-12-14-20(15-13-19)24(29)27(7-2)16-21(28)22-17(4)23(26-18(22)5)25(30)31-8-3/h12-15,26H,6-11,16H2,1-5H3. The summed E-state index contributed by atoms with van der Waals surface area (Å²) in [5.74, 6) is -0.856. The fourth-order valence-electron chi connectivity index (χ4n) is 3.73. The van der Waals surface area contributed by atoms with Gasteiger partial charge < -0.3 is 14.6 Å². The molecule has 2 rings (SSSR count). The fourth-order valence-corrected chi connectivity index (χ4v) is 3.73. The van der Waals surface area contributed by atoms with Crippen LogP contribution >= 0.6 is 0 Å². The monoisotopic (exact) mass is 426 g/mol. The fraction of sp³-hybridized carbons (Fsp3) is 0.480. The van der Waals surface area contributed by atoms with E-state index in [1.165, 1.54) is 23.3 Å². The van der Waals surface area contributed by atoms with Gasteiger partial charge in [0.1, 0.15) is 5.69 Å². The average molecular weight is 427 g/mol. The average Bonchev–Trinajstić information content (AvgIpc) is 3.06. The van der Waals surface area contributed by atoms with Crippen molar-refractivity contribution >= 4 is 17.7 Å². The van der Waals surface area contributed by atoms with Crippen LogP contribution in [-0.4, -0.2) is 47.2 Å². The van der Waals surface area contributed by atoms with Crippen LogP contribution in [-0.2, 0) is 11.2 Å². The van der Waals surface area contributed by atoms with Crippen LogP contribution in [0.5, 0.6) is 0 Å². The largest absolute Gasteiger partial charge is 0.461 e. The van der Waals surface area contributed by atoms with Gasteiger partial charge in [-0.3, -0.25) is 9.59 Å². The van der Waals surface area contributed by atoms with E-state index in [1.807, 2.05) is 31.2 Å². The molecular weight excluding hydrogens is 392 g/mol. The number of aromatic nitrogens is 1. The van der Waals surface area contributed by atoms with Crippen LogP contribution < -0.4 is 0 Å². The SMILES string of the molecule is CCCCCc1ccc(C(=O)N(CC)CC(=O)c2c(C)[nH]c(C(=O)OCC)c2C)cc1. The van der Waals surface area contributed by atoms with Crippen LogP contribution in [0, 0.1) is 13.8 Å². The molecule has 168 valence electrons. The summed E-state index contributed by atoms with van der Waals surface area (Å²) in [6.45, 7) is 9.86. The normalized spacial score (nSPS) is 10.7. The molecule has 1 heterocycles. The molecule has 1 amide bonds. The molecule has 0 spiro atoms. The summed E-state index contributed by atoms with van der Waals surface area (Å²) >= 11 is 0. The quantitative estimate of drug-likeness (QED) is 0.315. The molecule has 31 heavy (non-hydrogen) atoms. The number of Topliss-reactive ketones (excluding diaryl/α,β-unsaturated/α-hetero) is 1. The zero-order valence-electron chi connectivity index (χ0n) is 19.3. The van der Waals surface area contributed by atoms with E-state index in [4.69, 9.17) is 4.74 Å². The first-order valence-electron chi connectivity index (χ1n) is 11.1. The van der Waals surface area contributed by atoms with Gasteiger partial charge in [0.05, 0.1) is 13.2 Å². The van der Waals surface area contributed by atoms with E-state index in [0.29, 0.717) is 28.9 Å². The number of carbonyl (C=O) groups is 3. The Morgan fingerprint density at radius 2 is 1.68 bits per heavy atom. The highest BCUT2D eigenvalue weighted by Crippen LogP contribution is 2.20. The number of ketones is 1. The molecule has 0 saturated heterocycles. The summed E-state index contributed by atoms with van der Waals surface area (Å²) < 4.78 is 5.05. The second kappa shape index (κ2) is 11.5. The van der Waals surface area contributed by atoms with Gasteiger partial charge in [0.15, 0.2) is 5.78 Å². The summed E-state index contributed by atoms with van der Waals surface area (Å²) in [6.07, 6.45) is 4.52. The lowest BCUT2D eigenvalue weighted by Crippen LogP contribution is -2.35. The maximum absolute atomic E-state index is 13.0. The summed E-state index contributed by atoms with van der Waals surface area (Å²) in [4.78, 5) is 42.6. The third-order valence-electron chi connectivity index (χ3n) is 5.47. The predicted octanol–water partition coefficient (Wildman–Crippen LogP) is 4.89. The number of H-pyrrole nitrogens is 1. The van der Waals surface area contributed by atoms with Gasteiger partial charge in [-0.1, -0.05) is 31.9 Å². The number of hydrogen-bond acceptors (Lipinski definition) is 4. The molecule has 0 atom stereocenters. The first-order chi connectivity index (χ1) is 14.8. The molecule has 1 aromatic heterocycles. The third kappa shape index (κ3) is 6.06. The van der Waals surface area contributed by atoms with Gasteiger partial charge in [-0.15, -0.1) is 0 Å². The first kappa shape index (κ1) is 24.4. The second-order valence-corrected chi connectivity index (χ2v) is 7.74. The number of likely N-dealkylation sites (N-methyl/N-ethyl adjacent to an activating group) is 1. The van der Waals surface area contributed by atoms with Crippen molar-refractivity contribution in [1.29, 1.82) is 0 Å². The van der Waals surface area contributed by atoms with Crippen molar-refractivity contribution in [3.05, 3.63) is 57.9 Å². The molecule has 6 heteroatoms. The number of aryl methyl sites for hydroxylation is 2. The van der Waals surface area contributed by atoms with Crippen molar-refractivity contribution in [3.8, 4) is 0 Å². The number of benzene rings is 1. The van der Waals surface area contributed by atoms with Crippen molar-refractivity contribution in [1.82, 2.24) is 9.88 Å². The van der Waals surface area contributed by atoms with Crippen molar-refractivity contribution in [2.45, 2.75) is 60.3 Å². The van der Waals surface area contributed by atoms with Crippen LogP contribution in [0.25, 0.3) is 0 Å². The zero-order chi connectivity index (χ0) is 23.0. The Kier molecular flexibility index (Phi) is 9.03. The van der Waals surface area contributed by atoms with Gasteiger partial charge in [0.25, 0.3) is 5.91 Å². The van der Waals surface area contributed by atoms with E-state index in [0.717, 1.165) is 12.8 Å². The topological polar surface area (TPSA) is 79.5 Å². The van der Waals surface area contributed by atoms with Gasteiger partial charge in [0.2, 0.25) is 0 Å². The molecule has 1 N–H and O–H groups in total. The molecule has 0 unspecified atom stereocenters. The summed E-state index contributed by atoms with van der Waals surface area (Å²) in [6, 6.07) is 7.65. The Morgan fingerprint density at radius 3 is 2.26 bits per heavy atom. The first-order valence-corrected chi connectivity index (χ1v) is 11.1. The van der Waals surface area contributed by atoms with Gasteiger partial charge >= 0.3 is 5.97 Å². The van der Waals surface area contributed by atoms with Crippen LogP contribution in [0.2, 0.25) is 0 Å². The van der Waals surface area contributed by atoms with Gasteiger partial charge in [-0.2, -0.15) is 0 Å². The minimum absolute atomic E-state index is 0.0462. The van der Waals surface area contributed by atoms with Crippen molar-refractivity contribution in [2.75, 3.05) is 19.7 Å². The van der Waals surface area contributed by atoms with E-state index in [-0.39, 0.29) is 30.5 Å². The van der Waals surface area contributed by atoms with Crippen molar-refractivity contribution < 1.29 is 19.1 Å². The molecule has 1 aromatic carbocycles. The number of nitrogens with one attached hydrogen (secondary N) is 1. The highest BCUT2D eigenvalue weighted by molar-refractivity contribution is 6.05. The molecule has 2 aromatic rings. The number of esters is 1. The lowest BCUT2D eigenvalue weighted by Gasteiger charge is -2.20. The summed E-state index contributed by atoms with van der Waals surface area (Å²) in [5.41, 5.74) is 3.68. The molecule has 0 bridgehead atoms. The Hall–Kier alpha value is -2.89. The van der Waals surface area contributed by atoms with Gasteiger partial charge in [-0.25, -0.2) is 4.79 Å². The molecule has 0 aliphatic carbocycles. The maximum atomic E-state index is 13.0. The molecule has 6 nitrogen and oxygen atoms in total. The summed E-state index contributed by atoms with van der Waals surface area (Å²) in [7, 11) is 0.